The van der Waals surface area contributed by atoms with Crippen molar-refractivity contribution in [3.05, 3.63) is 28.2 Å². The summed E-state index contributed by atoms with van der Waals surface area (Å²) in [5.41, 5.74) is 0.739. The number of ether oxygens (including phenoxy) is 1. The van der Waals surface area contributed by atoms with E-state index in [-0.39, 0.29) is 5.78 Å². The van der Waals surface area contributed by atoms with Gasteiger partial charge in [-0.05, 0) is 60.8 Å². The highest BCUT2D eigenvalue weighted by Crippen LogP contribution is 2.27. The first-order valence-electron chi connectivity index (χ1n) is 7.15. The van der Waals surface area contributed by atoms with E-state index in [9.17, 15) is 4.79 Å². The molecule has 0 unspecified atom stereocenters. The fraction of sp³-hybridized carbons (Fsp3) is 0.562. The van der Waals surface area contributed by atoms with Crippen LogP contribution in [-0.2, 0) is 0 Å². The number of Topliss-reactive ketones (excluding diaryl/α,β-unsaturated/α-hetero) is 1. The molecule has 20 heavy (non-hydrogen) atoms. The van der Waals surface area contributed by atoms with Crippen molar-refractivity contribution in [1.82, 2.24) is 4.90 Å². The lowest BCUT2D eigenvalue weighted by Gasteiger charge is -2.38. The van der Waals surface area contributed by atoms with Crippen molar-refractivity contribution in [3.63, 3.8) is 0 Å². The molecule has 1 saturated heterocycles. The number of methoxy groups -OCH3 is 1. The number of carbonyl (C=O) groups is 1. The average Bonchev–Trinajstić information content (AvgIpc) is 2.42. The molecule has 0 radical (unpaired) electrons. The molecule has 0 saturated carbocycles. The maximum atomic E-state index is 12.5. The van der Waals surface area contributed by atoms with E-state index in [0.717, 1.165) is 15.8 Å². The number of halogens is 1. The molecular weight excluding hydrogens is 318 g/mol. The molecule has 0 N–H and O–H groups in total. The first-order chi connectivity index (χ1) is 9.52. The van der Waals surface area contributed by atoms with E-state index < -0.39 is 0 Å². The van der Waals surface area contributed by atoms with Crippen molar-refractivity contribution < 1.29 is 9.53 Å². The number of carbonyl (C=O) groups excluding carboxylic acids is 1. The van der Waals surface area contributed by atoms with Gasteiger partial charge in [-0.15, -0.1) is 0 Å². The van der Waals surface area contributed by atoms with Gasteiger partial charge in [-0.3, -0.25) is 9.69 Å². The Labute approximate surface area is 129 Å². The smallest absolute Gasteiger partial charge is 0.176 e. The van der Waals surface area contributed by atoms with E-state index in [1.807, 2.05) is 18.2 Å². The lowest BCUT2D eigenvalue weighted by atomic mass is 9.96. The van der Waals surface area contributed by atoms with Crippen molar-refractivity contribution in [1.29, 1.82) is 0 Å². The summed E-state index contributed by atoms with van der Waals surface area (Å²) in [5.74, 6) is 0.926. The quantitative estimate of drug-likeness (QED) is 0.779. The van der Waals surface area contributed by atoms with E-state index in [2.05, 4.69) is 34.7 Å². The molecule has 1 aliphatic heterocycles. The Morgan fingerprint density at radius 2 is 2.00 bits per heavy atom. The third kappa shape index (κ3) is 3.41. The van der Waals surface area contributed by atoms with Gasteiger partial charge in [0.1, 0.15) is 5.75 Å². The molecule has 1 fully saturated rings. The van der Waals surface area contributed by atoms with Crippen LogP contribution >= 0.6 is 15.9 Å². The summed E-state index contributed by atoms with van der Waals surface area (Å²) in [4.78, 5) is 14.8. The zero-order valence-electron chi connectivity index (χ0n) is 12.4. The number of hydrogen-bond acceptors (Lipinski definition) is 3. The minimum atomic E-state index is 0.175. The largest absolute Gasteiger partial charge is 0.496 e. The van der Waals surface area contributed by atoms with Crippen molar-refractivity contribution in [2.75, 3.05) is 13.7 Å². The molecule has 0 amide bonds. The Morgan fingerprint density at radius 1 is 1.35 bits per heavy atom. The minimum Gasteiger partial charge on any atom is -0.496 e. The lowest BCUT2D eigenvalue weighted by molar-refractivity contribution is 0.0734. The Hall–Kier alpha value is -0.870. The second kappa shape index (κ2) is 6.72. The van der Waals surface area contributed by atoms with Crippen LogP contribution in [0.25, 0.3) is 0 Å². The van der Waals surface area contributed by atoms with Crippen LogP contribution in [0.4, 0.5) is 0 Å². The fourth-order valence-corrected chi connectivity index (χ4v) is 3.42. The summed E-state index contributed by atoms with van der Waals surface area (Å²) in [6, 6.07) is 6.50. The molecule has 0 spiro atoms. The molecule has 110 valence electrons. The zero-order chi connectivity index (χ0) is 14.7. The SMILES string of the molecule is COc1ccc(C(=O)CN2[C@H](C)CCC[C@@H]2C)cc1Br. The number of piperidine rings is 1. The molecule has 1 aromatic rings. The van der Waals surface area contributed by atoms with Crippen molar-refractivity contribution in [2.45, 2.75) is 45.2 Å². The highest BCUT2D eigenvalue weighted by Gasteiger charge is 2.26. The van der Waals surface area contributed by atoms with Gasteiger partial charge in [0.05, 0.1) is 18.1 Å². The van der Waals surface area contributed by atoms with Crippen molar-refractivity contribution >= 4 is 21.7 Å². The third-order valence-electron chi connectivity index (χ3n) is 4.18. The van der Waals surface area contributed by atoms with Crippen LogP contribution < -0.4 is 4.74 Å². The second-order valence-corrected chi connectivity index (χ2v) is 6.43. The fourth-order valence-electron chi connectivity index (χ4n) is 2.88. The first-order valence-corrected chi connectivity index (χ1v) is 7.94. The van der Waals surface area contributed by atoms with Crippen LogP contribution in [0, 0.1) is 0 Å². The summed E-state index contributed by atoms with van der Waals surface area (Å²) >= 11 is 3.43. The molecule has 1 aliphatic rings. The molecule has 0 aromatic heterocycles. The standard InChI is InChI=1S/C16H22BrNO2/c1-11-5-4-6-12(2)18(11)10-15(19)13-7-8-16(20-3)14(17)9-13/h7-9,11-12H,4-6,10H2,1-3H3/t11-,12+. The molecule has 0 bridgehead atoms. The molecular formula is C16H22BrNO2. The minimum absolute atomic E-state index is 0.175. The van der Waals surface area contributed by atoms with Gasteiger partial charge in [0.2, 0.25) is 0 Å². The van der Waals surface area contributed by atoms with Crippen LogP contribution in [-0.4, -0.2) is 36.4 Å². The average molecular weight is 340 g/mol. The number of benzene rings is 1. The summed E-state index contributed by atoms with van der Waals surface area (Å²) < 4.78 is 6.02. The summed E-state index contributed by atoms with van der Waals surface area (Å²) in [6.07, 6.45) is 3.63. The second-order valence-electron chi connectivity index (χ2n) is 5.57. The number of likely N-dealkylation sites (tertiary alicyclic amines) is 1. The van der Waals surface area contributed by atoms with Crippen LogP contribution in [0.2, 0.25) is 0 Å². The van der Waals surface area contributed by atoms with E-state index >= 15 is 0 Å². The van der Waals surface area contributed by atoms with Crippen molar-refractivity contribution in [3.8, 4) is 5.75 Å². The molecule has 2 atom stereocenters. The van der Waals surface area contributed by atoms with Gasteiger partial charge in [-0.25, -0.2) is 0 Å². The van der Waals surface area contributed by atoms with Crippen LogP contribution in [0.15, 0.2) is 22.7 Å². The Balaban J connectivity index is 2.09. The normalized spacial score (nSPS) is 23.6. The van der Waals surface area contributed by atoms with Gasteiger partial charge in [-0.1, -0.05) is 6.42 Å². The third-order valence-corrected chi connectivity index (χ3v) is 4.80. The van der Waals surface area contributed by atoms with E-state index in [1.165, 1.54) is 19.3 Å². The topological polar surface area (TPSA) is 29.5 Å². The summed E-state index contributed by atoms with van der Waals surface area (Å²) in [6.45, 7) is 4.93. The van der Waals surface area contributed by atoms with E-state index in [1.54, 1.807) is 7.11 Å². The van der Waals surface area contributed by atoms with Gasteiger partial charge in [0, 0.05) is 17.6 Å². The van der Waals surface area contributed by atoms with Gasteiger partial charge in [0.15, 0.2) is 5.78 Å². The van der Waals surface area contributed by atoms with E-state index in [4.69, 9.17) is 4.74 Å². The van der Waals surface area contributed by atoms with Crippen LogP contribution in [0.5, 0.6) is 5.75 Å². The van der Waals surface area contributed by atoms with Crippen LogP contribution in [0.3, 0.4) is 0 Å². The molecule has 2 rings (SSSR count). The van der Waals surface area contributed by atoms with Gasteiger partial charge >= 0.3 is 0 Å². The Morgan fingerprint density at radius 3 is 2.55 bits per heavy atom. The zero-order valence-corrected chi connectivity index (χ0v) is 13.9. The number of hydrogen-bond donors (Lipinski definition) is 0. The maximum absolute atomic E-state index is 12.5. The molecule has 1 heterocycles. The summed E-state index contributed by atoms with van der Waals surface area (Å²) in [7, 11) is 1.62. The van der Waals surface area contributed by atoms with Crippen molar-refractivity contribution in [2.24, 2.45) is 0 Å². The van der Waals surface area contributed by atoms with Gasteiger partial charge in [0.25, 0.3) is 0 Å². The van der Waals surface area contributed by atoms with Crippen LogP contribution in [0.1, 0.15) is 43.5 Å². The Bertz CT molecular complexity index is 479. The number of ketones is 1. The predicted molar refractivity (Wildman–Crippen MR) is 84.5 cm³/mol. The highest BCUT2D eigenvalue weighted by atomic mass is 79.9. The highest BCUT2D eigenvalue weighted by molar-refractivity contribution is 9.10. The first kappa shape index (κ1) is 15.5. The predicted octanol–water partition coefficient (Wildman–Crippen LogP) is 3.90. The maximum Gasteiger partial charge on any atom is 0.176 e. The van der Waals surface area contributed by atoms with E-state index in [0.29, 0.717) is 18.6 Å². The van der Waals surface area contributed by atoms with Gasteiger partial charge in [-0.2, -0.15) is 0 Å². The monoisotopic (exact) mass is 339 g/mol. The lowest BCUT2D eigenvalue weighted by Crippen LogP contribution is -2.46. The molecule has 3 nitrogen and oxygen atoms in total. The number of rotatable bonds is 4. The molecule has 4 heteroatoms. The number of nitrogens with zero attached hydrogens (tertiary/aromatic N) is 1. The van der Waals surface area contributed by atoms with Gasteiger partial charge < -0.3 is 4.74 Å². The molecule has 0 aliphatic carbocycles. The Kier molecular flexibility index (Phi) is 5.22. The summed E-state index contributed by atoms with van der Waals surface area (Å²) in [5, 5.41) is 0. The molecule has 1 aromatic carbocycles.